The minimum Gasteiger partial charge on any atom is -0.383 e. The number of benzene rings is 1. The molecule has 0 saturated heterocycles. The van der Waals surface area contributed by atoms with Gasteiger partial charge in [0.05, 0.1) is 10.6 Å². The van der Waals surface area contributed by atoms with Crippen molar-refractivity contribution in [3.8, 4) is 0 Å². The standard InChI is InChI=1S/C12H12N2S.2ClH/c1-9-5-2-3-6-10(9)14-12(13)11-7-4-8-15-11;;/h2-8H,1H3,(H2,13,14);2*1H. The van der Waals surface area contributed by atoms with Crippen molar-refractivity contribution in [1.82, 2.24) is 0 Å². The van der Waals surface area contributed by atoms with Crippen molar-refractivity contribution in [3.05, 3.63) is 52.2 Å². The van der Waals surface area contributed by atoms with Crippen LogP contribution in [0, 0.1) is 6.92 Å². The van der Waals surface area contributed by atoms with E-state index in [4.69, 9.17) is 5.73 Å². The zero-order chi connectivity index (χ0) is 10.7. The van der Waals surface area contributed by atoms with Gasteiger partial charge in [0.25, 0.3) is 0 Å². The van der Waals surface area contributed by atoms with Gasteiger partial charge in [-0.15, -0.1) is 36.2 Å². The Balaban J connectivity index is 0.00000128. The van der Waals surface area contributed by atoms with Crippen molar-refractivity contribution in [2.24, 2.45) is 10.7 Å². The molecule has 1 heterocycles. The molecule has 0 aliphatic heterocycles. The molecule has 2 rings (SSSR count). The van der Waals surface area contributed by atoms with Crippen LogP contribution in [0.25, 0.3) is 0 Å². The quantitative estimate of drug-likeness (QED) is 0.660. The van der Waals surface area contributed by atoms with Crippen molar-refractivity contribution < 1.29 is 0 Å². The number of aliphatic imine (C=N–C) groups is 1. The lowest BCUT2D eigenvalue weighted by atomic mass is 10.2. The lowest BCUT2D eigenvalue weighted by Crippen LogP contribution is -2.10. The molecule has 0 radical (unpaired) electrons. The highest BCUT2D eigenvalue weighted by molar-refractivity contribution is 7.12. The van der Waals surface area contributed by atoms with Crippen LogP contribution in [0.2, 0.25) is 0 Å². The second-order valence-electron chi connectivity index (χ2n) is 3.26. The summed E-state index contributed by atoms with van der Waals surface area (Å²) >= 11 is 1.60. The van der Waals surface area contributed by atoms with Crippen LogP contribution in [0.1, 0.15) is 10.4 Å². The number of amidine groups is 1. The number of aryl methyl sites for hydroxylation is 1. The van der Waals surface area contributed by atoms with E-state index in [1.54, 1.807) is 11.3 Å². The molecule has 92 valence electrons. The summed E-state index contributed by atoms with van der Waals surface area (Å²) in [5, 5.41) is 2.00. The van der Waals surface area contributed by atoms with E-state index in [0.29, 0.717) is 5.84 Å². The van der Waals surface area contributed by atoms with E-state index in [1.165, 1.54) is 0 Å². The van der Waals surface area contributed by atoms with Gasteiger partial charge in [-0.25, -0.2) is 4.99 Å². The zero-order valence-electron chi connectivity index (χ0n) is 9.29. The van der Waals surface area contributed by atoms with Gasteiger partial charge in [-0.1, -0.05) is 24.3 Å². The number of hydrogen-bond acceptors (Lipinski definition) is 2. The second kappa shape index (κ2) is 7.33. The highest BCUT2D eigenvalue weighted by atomic mass is 35.5. The lowest BCUT2D eigenvalue weighted by Gasteiger charge is -2.00. The van der Waals surface area contributed by atoms with Gasteiger partial charge in [0, 0.05) is 0 Å². The fourth-order valence-electron chi connectivity index (χ4n) is 1.30. The van der Waals surface area contributed by atoms with E-state index in [0.717, 1.165) is 16.1 Å². The number of rotatable bonds is 2. The molecule has 1 aromatic carbocycles. The molecule has 0 bridgehead atoms. The van der Waals surface area contributed by atoms with Crippen LogP contribution in [-0.4, -0.2) is 5.84 Å². The Hall–Kier alpha value is -1.03. The summed E-state index contributed by atoms with van der Waals surface area (Å²) in [6.07, 6.45) is 0. The van der Waals surface area contributed by atoms with E-state index in [9.17, 15) is 0 Å². The first kappa shape index (κ1) is 16.0. The highest BCUT2D eigenvalue weighted by Gasteiger charge is 2.00. The molecule has 0 unspecified atom stereocenters. The van der Waals surface area contributed by atoms with Crippen LogP contribution in [0.5, 0.6) is 0 Å². The molecule has 0 atom stereocenters. The third-order valence-electron chi connectivity index (χ3n) is 2.13. The Kier molecular flexibility index (Phi) is 6.88. The first-order valence-electron chi connectivity index (χ1n) is 4.71. The largest absolute Gasteiger partial charge is 0.383 e. The van der Waals surface area contributed by atoms with E-state index in [1.807, 2.05) is 48.7 Å². The van der Waals surface area contributed by atoms with Gasteiger partial charge in [0.2, 0.25) is 0 Å². The maximum atomic E-state index is 5.90. The Morgan fingerprint density at radius 2 is 1.82 bits per heavy atom. The summed E-state index contributed by atoms with van der Waals surface area (Å²) in [6, 6.07) is 11.9. The third-order valence-corrected chi connectivity index (χ3v) is 3.02. The number of nitrogens with zero attached hydrogens (tertiary/aromatic N) is 1. The van der Waals surface area contributed by atoms with E-state index >= 15 is 0 Å². The number of para-hydroxylation sites is 1. The van der Waals surface area contributed by atoms with Gasteiger partial charge < -0.3 is 5.73 Å². The van der Waals surface area contributed by atoms with Crippen molar-refractivity contribution >= 4 is 47.7 Å². The van der Waals surface area contributed by atoms with Crippen molar-refractivity contribution in [3.63, 3.8) is 0 Å². The van der Waals surface area contributed by atoms with Gasteiger partial charge in [-0.3, -0.25) is 0 Å². The molecule has 2 N–H and O–H groups in total. The number of halogens is 2. The molecule has 0 spiro atoms. The summed E-state index contributed by atoms with van der Waals surface area (Å²) < 4.78 is 0. The summed E-state index contributed by atoms with van der Waals surface area (Å²) in [5.74, 6) is 0.583. The average Bonchev–Trinajstić information content (AvgIpc) is 2.74. The summed E-state index contributed by atoms with van der Waals surface area (Å²) in [7, 11) is 0. The van der Waals surface area contributed by atoms with Crippen LogP contribution in [0.3, 0.4) is 0 Å². The fraction of sp³-hybridized carbons (Fsp3) is 0.0833. The minimum atomic E-state index is 0. The molecule has 0 fully saturated rings. The van der Waals surface area contributed by atoms with E-state index in [-0.39, 0.29) is 24.8 Å². The van der Waals surface area contributed by atoms with Crippen LogP contribution in [-0.2, 0) is 0 Å². The van der Waals surface area contributed by atoms with Crippen molar-refractivity contribution in [2.45, 2.75) is 6.92 Å². The molecule has 5 heteroatoms. The Morgan fingerprint density at radius 3 is 2.41 bits per heavy atom. The summed E-state index contributed by atoms with van der Waals surface area (Å²) in [5.41, 5.74) is 7.97. The van der Waals surface area contributed by atoms with E-state index < -0.39 is 0 Å². The van der Waals surface area contributed by atoms with Crippen LogP contribution in [0.15, 0.2) is 46.8 Å². The summed E-state index contributed by atoms with van der Waals surface area (Å²) in [4.78, 5) is 5.42. The van der Waals surface area contributed by atoms with Gasteiger partial charge in [0.1, 0.15) is 5.84 Å². The predicted octanol–water partition coefficient (Wildman–Crippen LogP) is 3.94. The SMILES string of the molecule is Cc1ccccc1N=C(N)c1cccs1.Cl.Cl. The van der Waals surface area contributed by atoms with Gasteiger partial charge in [0.15, 0.2) is 0 Å². The number of hydrogen-bond donors (Lipinski definition) is 1. The van der Waals surface area contributed by atoms with Crippen molar-refractivity contribution in [1.29, 1.82) is 0 Å². The Labute approximate surface area is 117 Å². The first-order valence-corrected chi connectivity index (χ1v) is 5.59. The molecule has 0 aliphatic rings. The predicted molar refractivity (Wildman–Crippen MR) is 80.4 cm³/mol. The van der Waals surface area contributed by atoms with Gasteiger partial charge in [-0.05, 0) is 30.0 Å². The normalized spacial score (nSPS) is 10.3. The maximum absolute atomic E-state index is 5.90. The lowest BCUT2D eigenvalue weighted by molar-refractivity contribution is 1.38. The molecular formula is C12H14Cl2N2S. The molecule has 2 aromatic rings. The van der Waals surface area contributed by atoms with Crippen LogP contribution in [0.4, 0.5) is 5.69 Å². The molecule has 0 amide bonds. The number of thiophene rings is 1. The minimum absolute atomic E-state index is 0. The second-order valence-corrected chi connectivity index (χ2v) is 4.21. The maximum Gasteiger partial charge on any atom is 0.141 e. The molecule has 0 saturated carbocycles. The van der Waals surface area contributed by atoms with Crippen LogP contribution >= 0.6 is 36.2 Å². The monoisotopic (exact) mass is 288 g/mol. The topological polar surface area (TPSA) is 38.4 Å². The summed E-state index contributed by atoms with van der Waals surface area (Å²) in [6.45, 7) is 2.03. The Bertz CT molecular complexity index is 481. The molecule has 17 heavy (non-hydrogen) atoms. The van der Waals surface area contributed by atoms with Gasteiger partial charge in [-0.2, -0.15) is 0 Å². The zero-order valence-corrected chi connectivity index (χ0v) is 11.7. The van der Waals surface area contributed by atoms with Gasteiger partial charge >= 0.3 is 0 Å². The first-order chi connectivity index (χ1) is 7.27. The highest BCUT2D eigenvalue weighted by Crippen LogP contribution is 2.18. The average molecular weight is 289 g/mol. The smallest absolute Gasteiger partial charge is 0.141 e. The Morgan fingerprint density at radius 1 is 1.12 bits per heavy atom. The molecule has 2 nitrogen and oxygen atoms in total. The van der Waals surface area contributed by atoms with Crippen LogP contribution < -0.4 is 5.73 Å². The van der Waals surface area contributed by atoms with Crippen molar-refractivity contribution in [2.75, 3.05) is 0 Å². The molecule has 1 aromatic heterocycles. The molecular weight excluding hydrogens is 275 g/mol. The third kappa shape index (κ3) is 4.04. The van der Waals surface area contributed by atoms with E-state index in [2.05, 4.69) is 4.99 Å². The fourth-order valence-corrected chi connectivity index (χ4v) is 1.93. The number of nitrogens with two attached hydrogens (primary N) is 1. The molecule has 0 aliphatic carbocycles.